The Morgan fingerprint density at radius 3 is 2.32 bits per heavy atom. The van der Waals surface area contributed by atoms with Gasteiger partial charge in [-0.05, 0) is 30.6 Å². The van der Waals surface area contributed by atoms with E-state index in [1.165, 1.54) is 30.6 Å². The van der Waals surface area contributed by atoms with Gasteiger partial charge in [-0.15, -0.1) is 0 Å². The van der Waals surface area contributed by atoms with Gasteiger partial charge >= 0.3 is 5.97 Å². The van der Waals surface area contributed by atoms with Crippen LogP contribution < -0.4 is 10.6 Å². The van der Waals surface area contributed by atoms with E-state index >= 15 is 0 Å². The van der Waals surface area contributed by atoms with E-state index in [-0.39, 0.29) is 48.8 Å². The summed E-state index contributed by atoms with van der Waals surface area (Å²) in [6.45, 7) is 7.43. The molecule has 2 fully saturated rings. The highest BCUT2D eigenvalue weighted by Gasteiger charge is 2.54. The summed E-state index contributed by atoms with van der Waals surface area (Å²) in [4.78, 5) is 61.0. The van der Waals surface area contributed by atoms with Crippen LogP contribution in [0, 0.1) is 23.7 Å². The molecule has 0 spiro atoms. The van der Waals surface area contributed by atoms with Crippen molar-refractivity contribution < 1.29 is 33.8 Å². The molecule has 0 bridgehead atoms. The first-order valence-electron chi connectivity index (χ1n) is 12.6. The largest absolute Gasteiger partial charge is 0.480 e. The van der Waals surface area contributed by atoms with Crippen LogP contribution in [0.2, 0.25) is 0 Å². The predicted octanol–water partition coefficient (Wildman–Crippen LogP) is 0.683. The molecule has 6 atom stereocenters. The molecule has 1 aliphatic heterocycles. The molecule has 2 aliphatic rings. The van der Waals surface area contributed by atoms with Gasteiger partial charge in [0.05, 0.1) is 12.3 Å². The summed E-state index contributed by atoms with van der Waals surface area (Å²) in [6, 6.07) is -2.91. The summed E-state index contributed by atoms with van der Waals surface area (Å²) in [6.07, 6.45) is 5.25. The number of amides is 3. The monoisotopic (exact) mass is 519 g/mol. The first-order chi connectivity index (χ1) is 17.6. The third-order valence-electron chi connectivity index (χ3n) is 7.16. The van der Waals surface area contributed by atoms with E-state index < -0.39 is 41.8 Å². The average molecular weight is 520 g/mol. The van der Waals surface area contributed by atoms with Crippen LogP contribution in [-0.4, -0.2) is 88.3 Å². The molecule has 3 amide bonds. The highest BCUT2D eigenvalue weighted by atomic mass is 16.7. The minimum atomic E-state index is -1.07. The number of ether oxygens (including phenoxy) is 2. The summed E-state index contributed by atoms with van der Waals surface area (Å²) in [7, 11) is 1.52. The van der Waals surface area contributed by atoms with Gasteiger partial charge in [-0.1, -0.05) is 27.7 Å². The second-order valence-electron chi connectivity index (χ2n) is 10.3. The lowest BCUT2D eigenvalue weighted by atomic mass is 9.93. The maximum Gasteiger partial charge on any atom is 0.326 e. The molecule has 1 aromatic heterocycles. The number of likely N-dealkylation sites (tertiary alicyclic amines) is 1. The van der Waals surface area contributed by atoms with Gasteiger partial charge in [0.1, 0.15) is 30.6 Å². The lowest BCUT2D eigenvalue weighted by Gasteiger charge is -2.32. The van der Waals surface area contributed by atoms with E-state index in [1.54, 1.807) is 27.7 Å². The van der Waals surface area contributed by atoms with E-state index in [0.29, 0.717) is 12.8 Å². The molecule has 0 aromatic carbocycles. The summed E-state index contributed by atoms with van der Waals surface area (Å²) in [5.74, 6) is -3.60. The molecule has 1 saturated heterocycles. The Morgan fingerprint density at radius 1 is 1.05 bits per heavy atom. The molecule has 0 radical (unpaired) electrons. The fourth-order valence-electron chi connectivity index (χ4n) is 5.28. The molecule has 3 rings (SSSR count). The van der Waals surface area contributed by atoms with Crippen LogP contribution in [0.25, 0.3) is 0 Å². The number of nitrogens with one attached hydrogen (secondary N) is 2. The second-order valence-corrected chi connectivity index (χ2v) is 10.3. The van der Waals surface area contributed by atoms with Crippen molar-refractivity contribution >= 4 is 23.7 Å². The van der Waals surface area contributed by atoms with Gasteiger partial charge < -0.3 is 30.1 Å². The summed E-state index contributed by atoms with van der Waals surface area (Å²) < 4.78 is 10.8. The van der Waals surface area contributed by atoms with Crippen molar-refractivity contribution in [2.45, 2.75) is 64.8 Å². The van der Waals surface area contributed by atoms with Crippen LogP contribution in [0.5, 0.6) is 0 Å². The number of carbonyl (C=O) groups is 4. The van der Waals surface area contributed by atoms with Gasteiger partial charge in [0.2, 0.25) is 11.8 Å². The van der Waals surface area contributed by atoms with Gasteiger partial charge in [-0.25, -0.2) is 9.78 Å². The Bertz CT molecular complexity index is 973. The third kappa shape index (κ3) is 6.42. The van der Waals surface area contributed by atoms with Crippen LogP contribution >= 0.6 is 0 Å². The number of hydrogen-bond donors (Lipinski definition) is 3. The molecule has 204 valence electrons. The van der Waals surface area contributed by atoms with E-state index in [0.717, 1.165) is 0 Å². The second kappa shape index (κ2) is 12.4. The van der Waals surface area contributed by atoms with Crippen molar-refractivity contribution in [3.63, 3.8) is 0 Å². The molecule has 12 nitrogen and oxygen atoms in total. The maximum atomic E-state index is 13.7. The van der Waals surface area contributed by atoms with Crippen LogP contribution in [0.1, 0.15) is 51.0 Å². The van der Waals surface area contributed by atoms with E-state index in [2.05, 4.69) is 20.6 Å². The Balaban J connectivity index is 1.76. The van der Waals surface area contributed by atoms with Crippen molar-refractivity contribution in [1.29, 1.82) is 0 Å². The molecule has 1 aliphatic carbocycles. The number of carboxylic acids is 1. The van der Waals surface area contributed by atoms with Crippen LogP contribution in [0.15, 0.2) is 18.6 Å². The van der Waals surface area contributed by atoms with E-state index in [9.17, 15) is 24.3 Å². The van der Waals surface area contributed by atoms with Crippen LogP contribution in [0.4, 0.5) is 0 Å². The van der Waals surface area contributed by atoms with Gasteiger partial charge in [-0.2, -0.15) is 0 Å². The Kier molecular flexibility index (Phi) is 9.55. The van der Waals surface area contributed by atoms with Gasteiger partial charge in [0, 0.05) is 32.0 Å². The number of rotatable bonds is 11. The molecule has 12 heteroatoms. The summed E-state index contributed by atoms with van der Waals surface area (Å²) in [5.41, 5.74) is 0.0654. The van der Waals surface area contributed by atoms with Gasteiger partial charge in [0.15, 0.2) is 0 Å². The molecule has 1 aromatic rings. The fraction of sp³-hybridized carbons (Fsp3) is 0.680. The minimum Gasteiger partial charge on any atom is -0.480 e. The molecule has 2 heterocycles. The first-order valence-corrected chi connectivity index (χ1v) is 12.6. The summed E-state index contributed by atoms with van der Waals surface area (Å²) >= 11 is 0. The number of carboxylic acid groups (broad SMARTS) is 1. The quantitative estimate of drug-likeness (QED) is 0.357. The number of aromatic nitrogens is 2. The average Bonchev–Trinajstić information content (AvgIpc) is 3.43. The number of methoxy groups -OCH3 is 1. The number of hydrogen-bond acceptors (Lipinski definition) is 8. The third-order valence-corrected chi connectivity index (χ3v) is 7.16. The zero-order chi connectivity index (χ0) is 27.3. The van der Waals surface area contributed by atoms with Crippen molar-refractivity contribution in [3.05, 3.63) is 24.3 Å². The molecular formula is C25H37N5O7. The van der Waals surface area contributed by atoms with Crippen molar-refractivity contribution in [2.75, 3.05) is 20.4 Å². The number of fused-ring (bicyclic) bond motifs is 1. The first kappa shape index (κ1) is 28.5. The summed E-state index contributed by atoms with van der Waals surface area (Å²) in [5, 5.41) is 15.5. The predicted molar refractivity (Wildman–Crippen MR) is 131 cm³/mol. The lowest BCUT2D eigenvalue weighted by Crippen LogP contribution is -2.58. The van der Waals surface area contributed by atoms with Crippen LogP contribution in [-0.2, 0) is 23.9 Å². The number of nitrogens with zero attached hydrogens (tertiary/aromatic N) is 3. The molecular weight excluding hydrogens is 482 g/mol. The van der Waals surface area contributed by atoms with Crippen molar-refractivity contribution in [3.8, 4) is 0 Å². The van der Waals surface area contributed by atoms with Crippen molar-refractivity contribution in [1.82, 2.24) is 25.5 Å². The zero-order valence-electron chi connectivity index (χ0n) is 21.9. The van der Waals surface area contributed by atoms with E-state index in [1.807, 2.05) is 0 Å². The topological polar surface area (TPSA) is 160 Å². The van der Waals surface area contributed by atoms with Crippen molar-refractivity contribution in [2.24, 2.45) is 23.7 Å². The molecule has 1 saturated carbocycles. The highest BCUT2D eigenvalue weighted by molar-refractivity contribution is 5.97. The Labute approximate surface area is 216 Å². The van der Waals surface area contributed by atoms with Gasteiger partial charge in [0.25, 0.3) is 5.91 Å². The van der Waals surface area contributed by atoms with Gasteiger partial charge in [-0.3, -0.25) is 19.4 Å². The zero-order valence-corrected chi connectivity index (χ0v) is 21.9. The molecule has 3 N–H and O–H groups in total. The molecule has 37 heavy (non-hydrogen) atoms. The SMILES string of the molecule is COCO[C@@H]1CC[C@H]2[C@@H]1CN(C(=O)[C@@H](NC(=O)[C@H](NC(=O)c1cnccn1)C(C)C)C(C)C)[C@@H]2C(=O)O. The number of carbonyl (C=O) groups excluding carboxylic acids is 3. The van der Waals surface area contributed by atoms with E-state index in [4.69, 9.17) is 9.47 Å². The van der Waals surface area contributed by atoms with Crippen LogP contribution in [0.3, 0.4) is 0 Å². The Hall–Kier alpha value is -3.12. The highest BCUT2D eigenvalue weighted by Crippen LogP contribution is 2.44. The normalized spacial score (nSPS) is 24.6. The minimum absolute atomic E-state index is 0.0654. The smallest absolute Gasteiger partial charge is 0.326 e. The maximum absolute atomic E-state index is 13.7. The number of aliphatic carboxylic acids is 1. The molecule has 0 unspecified atom stereocenters. The lowest BCUT2D eigenvalue weighted by molar-refractivity contribution is -0.151. The fourth-order valence-corrected chi connectivity index (χ4v) is 5.28. The standard InChI is InChI=1S/C25H37N5O7/c1-13(2)19(28-22(31)17-10-26-8-9-27-17)23(32)29-20(14(3)4)24(33)30-11-16-15(21(30)25(34)35)6-7-18(16)37-12-36-5/h8-10,13-16,18-21H,6-7,11-12H2,1-5H3,(H,28,31)(H,29,32)(H,34,35)/t15-,16-,18+,19+,20-,21-/m0/s1. The Morgan fingerprint density at radius 2 is 1.76 bits per heavy atom.